The zero-order valence-corrected chi connectivity index (χ0v) is 15.5. The third-order valence-corrected chi connectivity index (χ3v) is 5.86. The van der Waals surface area contributed by atoms with Crippen molar-refractivity contribution < 1.29 is 18.7 Å². The van der Waals surface area contributed by atoms with Crippen LogP contribution in [-0.2, 0) is 4.74 Å². The van der Waals surface area contributed by atoms with E-state index in [1.807, 2.05) is 29.2 Å². The summed E-state index contributed by atoms with van der Waals surface area (Å²) in [6, 6.07) is 7.51. The summed E-state index contributed by atoms with van der Waals surface area (Å²) in [6.07, 6.45) is 3.32. The largest absolute Gasteiger partial charge is 0.493 e. The van der Waals surface area contributed by atoms with E-state index in [4.69, 9.17) is 13.9 Å². The summed E-state index contributed by atoms with van der Waals surface area (Å²) in [6.45, 7) is 4.31. The monoisotopic (exact) mass is 358 g/mol. The van der Waals surface area contributed by atoms with E-state index in [1.165, 1.54) is 0 Å². The molecule has 2 aliphatic heterocycles. The number of hydrogen-bond donors (Lipinski definition) is 0. The second-order valence-electron chi connectivity index (χ2n) is 7.27. The number of rotatable bonds is 5. The fourth-order valence-corrected chi connectivity index (χ4v) is 4.34. The molecule has 1 atom stereocenters. The summed E-state index contributed by atoms with van der Waals surface area (Å²) in [5.74, 6) is 1.02. The molecule has 26 heavy (non-hydrogen) atoms. The van der Waals surface area contributed by atoms with Gasteiger partial charge in [0, 0.05) is 44.2 Å². The molecule has 0 aliphatic carbocycles. The highest BCUT2D eigenvalue weighted by atomic mass is 16.5. The molecule has 1 aromatic carbocycles. The van der Waals surface area contributed by atoms with Gasteiger partial charge < -0.3 is 18.8 Å². The van der Waals surface area contributed by atoms with E-state index in [1.54, 1.807) is 14.2 Å². The fourth-order valence-electron chi connectivity index (χ4n) is 4.34. The zero-order chi connectivity index (χ0) is 18.1. The second-order valence-corrected chi connectivity index (χ2v) is 7.27. The third kappa shape index (κ3) is 2.87. The first kappa shape index (κ1) is 17.4. The molecule has 3 heterocycles. The van der Waals surface area contributed by atoms with Gasteiger partial charge in [0.15, 0.2) is 17.1 Å². The lowest BCUT2D eigenvalue weighted by Gasteiger charge is -2.57. The zero-order valence-electron chi connectivity index (χ0n) is 15.5. The van der Waals surface area contributed by atoms with Gasteiger partial charge in [-0.3, -0.25) is 9.69 Å². The number of methoxy groups -OCH3 is 2. The average Bonchev–Trinajstić information content (AvgIpc) is 3.11. The Morgan fingerprint density at radius 2 is 2.15 bits per heavy atom. The Bertz CT molecular complexity index is 802. The predicted octanol–water partition coefficient (Wildman–Crippen LogP) is 2.77. The van der Waals surface area contributed by atoms with E-state index >= 15 is 0 Å². The number of furan rings is 1. The van der Waals surface area contributed by atoms with E-state index in [0.717, 1.165) is 57.4 Å². The molecule has 0 N–H and O–H groups in total. The van der Waals surface area contributed by atoms with Crippen molar-refractivity contribution in [3.63, 3.8) is 0 Å². The van der Waals surface area contributed by atoms with Crippen molar-refractivity contribution >= 4 is 16.9 Å². The number of nitrogens with zero attached hydrogens (tertiary/aromatic N) is 2. The maximum Gasteiger partial charge on any atom is 0.289 e. The van der Waals surface area contributed by atoms with Crippen LogP contribution in [0.1, 0.15) is 29.8 Å². The molecule has 1 spiro atoms. The van der Waals surface area contributed by atoms with Gasteiger partial charge in [0.1, 0.15) is 0 Å². The van der Waals surface area contributed by atoms with E-state index < -0.39 is 0 Å². The van der Waals surface area contributed by atoms with E-state index in [9.17, 15) is 4.79 Å². The summed E-state index contributed by atoms with van der Waals surface area (Å²) in [7, 11) is 3.34. The number of para-hydroxylation sites is 1. The summed E-state index contributed by atoms with van der Waals surface area (Å²) >= 11 is 0. The van der Waals surface area contributed by atoms with Crippen LogP contribution in [0.3, 0.4) is 0 Å². The first-order valence-electron chi connectivity index (χ1n) is 9.27. The van der Waals surface area contributed by atoms with Crippen LogP contribution in [0.2, 0.25) is 0 Å². The van der Waals surface area contributed by atoms with Gasteiger partial charge in [-0.25, -0.2) is 0 Å². The molecule has 6 nitrogen and oxygen atoms in total. The topological polar surface area (TPSA) is 55.2 Å². The van der Waals surface area contributed by atoms with Crippen molar-refractivity contribution in [1.82, 2.24) is 9.80 Å². The minimum atomic E-state index is -0.0269. The number of hydrogen-bond acceptors (Lipinski definition) is 5. The van der Waals surface area contributed by atoms with Gasteiger partial charge >= 0.3 is 0 Å². The molecule has 2 fully saturated rings. The summed E-state index contributed by atoms with van der Waals surface area (Å²) < 4.78 is 16.4. The Labute approximate surface area is 153 Å². The second kappa shape index (κ2) is 6.93. The lowest BCUT2D eigenvalue weighted by Crippen LogP contribution is -2.67. The Kier molecular flexibility index (Phi) is 4.63. The van der Waals surface area contributed by atoms with Crippen LogP contribution in [0.5, 0.6) is 5.75 Å². The van der Waals surface area contributed by atoms with Crippen molar-refractivity contribution in [3.8, 4) is 5.75 Å². The van der Waals surface area contributed by atoms with Crippen LogP contribution in [0.4, 0.5) is 0 Å². The molecule has 2 saturated heterocycles. The molecule has 2 aliphatic rings. The van der Waals surface area contributed by atoms with E-state index in [0.29, 0.717) is 17.1 Å². The summed E-state index contributed by atoms with van der Waals surface area (Å²) in [5.41, 5.74) is 0.756. The maximum absolute atomic E-state index is 13.1. The highest BCUT2D eigenvalue weighted by molar-refractivity contribution is 5.97. The quantitative estimate of drug-likeness (QED) is 0.823. The number of ether oxygens (including phenoxy) is 2. The summed E-state index contributed by atoms with van der Waals surface area (Å²) in [4.78, 5) is 17.5. The molecular weight excluding hydrogens is 332 g/mol. The Morgan fingerprint density at radius 1 is 1.27 bits per heavy atom. The molecule has 0 bridgehead atoms. The standard InChI is InChI=1S/C20H26N2O4/c1-24-12-11-22-10-8-20(22)7-4-9-21(14-20)19(23)17-13-15-5-3-6-16(25-2)18(15)26-17/h3,5-6,13H,4,7-12,14H2,1-2H3. The third-order valence-electron chi connectivity index (χ3n) is 5.86. The number of likely N-dealkylation sites (tertiary alicyclic amines) is 2. The number of piperidine rings is 1. The number of benzene rings is 1. The minimum Gasteiger partial charge on any atom is -0.493 e. The maximum atomic E-state index is 13.1. The minimum absolute atomic E-state index is 0.0269. The fraction of sp³-hybridized carbons (Fsp3) is 0.550. The van der Waals surface area contributed by atoms with Gasteiger partial charge in [-0.1, -0.05) is 12.1 Å². The van der Waals surface area contributed by atoms with Gasteiger partial charge in [0.2, 0.25) is 0 Å². The number of carbonyl (C=O) groups excluding carboxylic acids is 1. The van der Waals surface area contributed by atoms with Gasteiger partial charge in [-0.15, -0.1) is 0 Å². The molecule has 1 aromatic heterocycles. The van der Waals surface area contributed by atoms with Crippen LogP contribution in [0.15, 0.2) is 28.7 Å². The van der Waals surface area contributed by atoms with Crippen molar-refractivity contribution in [2.75, 3.05) is 47.0 Å². The smallest absolute Gasteiger partial charge is 0.289 e. The Morgan fingerprint density at radius 3 is 2.88 bits per heavy atom. The molecule has 0 saturated carbocycles. The molecule has 140 valence electrons. The van der Waals surface area contributed by atoms with Crippen molar-refractivity contribution in [3.05, 3.63) is 30.0 Å². The van der Waals surface area contributed by atoms with Crippen molar-refractivity contribution in [1.29, 1.82) is 0 Å². The molecule has 4 rings (SSSR count). The Hall–Kier alpha value is -2.05. The van der Waals surface area contributed by atoms with Crippen LogP contribution in [0, 0.1) is 0 Å². The highest BCUT2D eigenvalue weighted by Crippen LogP contribution is 2.39. The van der Waals surface area contributed by atoms with Gasteiger partial charge in [0.05, 0.1) is 13.7 Å². The normalized spacial score (nSPS) is 23.4. The number of amides is 1. The predicted molar refractivity (Wildman–Crippen MR) is 98.7 cm³/mol. The molecular formula is C20H26N2O4. The van der Waals surface area contributed by atoms with Crippen molar-refractivity contribution in [2.24, 2.45) is 0 Å². The average molecular weight is 358 g/mol. The molecule has 1 amide bonds. The van der Waals surface area contributed by atoms with E-state index in [-0.39, 0.29) is 11.4 Å². The lowest BCUT2D eigenvalue weighted by atomic mass is 9.77. The van der Waals surface area contributed by atoms with Crippen molar-refractivity contribution in [2.45, 2.75) is 24.8 Å². The van der Waals surface area contributed by atoms with E-state index in [2.05, 4.69) is 4.90 Å². The van der Waals surface area contributed by atoms with Gasteiger partial charge in [-0.05, 0) is 31.4 Å². The molecule has 2 aromatic rings. The summed E-state index contributed by atoms with van der Waals surface area (Å²) in [5, 5.41) is 0.893. The van der Waals surface area contributed by atoms with Crippen LogP contribution < -0.4 is 4.74 Å². The SMILES string of the molecule is COCCN1CCC12CCCN(C(=O)c1cc3cccc(OC)c3o1)C2. The Balaban J connectivity index is 1.53. The lowest BCUT2D eigenvalue weighted by molar-refractivity contribution is -0.0682. The first-order chi connectivity index (χ1) is 12.7. The number of carbonyl (C=O) groups is 1. The van der Waals surface area contributed by atoms with Gasteiger partial charge in [-0.2, -0.15) is 0 Å². The van der Waals surface area contributed by atoms with Crippen LogP contribution >= 0.6 is 0 Å². The molecule has 6 heteroatoms. The molecule has 0 radical (unpaired) electrons. The first-order valence-corrected chi connectivity index (χ1v) is 9.27. The van der Waals surface area contributed by atoms with Gasteiger partial charge in [0.25, 0.3) is 5.91 Å². The van der Waals surface area contributed by atoms with Crippen LogP contribution in [0.25, 0.3) is 11.0 Å². The molecule has 1 unspecified atom stereocenters. The van der Waals surface area contributed by atoms with Crippen LogP contribution in [-0.4, -0.2) is 68.3 Å². The highest BCUT2D eigenvalue weighted by Gasteiger charge is 2.47. The number of fused-ring (bicyclic) bond motifs is 1.